The molecule has 2 heteroatoms. The smallest absolute Gasteiger partial charge is 0.0125 e. The molecule has 0 aromatic heterocycles. The first-order valence-corrected chi connectivity index (χ1v) is 6.71. The van der Waals surface area contributed by atoms with E-state index in [0.29, 0.717) is 11.1 Å². The van der Waals surface area contributed by atoms with Crippen molar-refractivity contribution in [2.24, 2.45) is 0 Å². The first-order valence-electron chi connectivity index (χ1n) is 6.71. The van der Waals surface area contributed by atoms with Gasteiger partial charge in [-0.05, 0) is 80.6 Å². The van der Waals surface area contributed by atoms with Crippen LogP contribution in [-0.4, -0.2) is 47.1 Å². The Morgan fingerprint density at radius 3 is 1.00 bits per heavy atom. The van der Waals surface area contributed by atoms with Crippen LogP contribution < -0.4 is 0 Å². The van der Waals surface area contributed by atoms with Gasteiger partial charge in [-0.3, -0.25) is 9.80 Å². The summed E-state index contributed by atoms with van der Waals surface area (Å²) < 4.78 is 0. The summed E-state index contributed by atoms with van der Waals surface area (Å²) in [4.78, 5) is 5.26. The van der Waals surface area contributed by atoms with Crippen molar-refractivity contribution in [2.75, 3.05) is 26.2 Å². The molecule has 0 amide bonds. The Morgan fingerprint density at radius 1 is 0.562 bits per heavy atom. The lowest BCUT2D eigenvalue weighted by atomic mass is 10.0. The molecule has 0 aromatic carbocycles. The molecule has 1 rings (SSSR count). The molecule has 0 radical (unpaired) electrons. The van der Waals surface area contributed by atoms with Crippen molar-refractivity contribution in [3.63, 3.8) is 0 Å². The number of nitrogens with zero attached hydrogens (tertiary/aromatic N) is 2. The summed E-state index contributed by atoms with van der Waals surface area (Å²) in [6, 6.07) is 0. The molecule has 0 N–H and O–H groups in total. The zero-order valence-corrected chi connectivity index (χ0v) is 12.1. The van der Waals surface area contributed by atoms with E-state index < -0.39 is 0 Å². The molecule has 16 heavy (non-hydrogen) atoms. The molecule has 0 saturated carbocycles. The molecule has 0 unspecified atom stereocenters. The Balaban J connectivity index is 2.50. The summed E-state index contributed by atoms with van der Waals surface area (Å²) in [5.74, 6) is 0. The lowest BCUT2D eigenvalue weighted by molar-refractivity contribution is 0.0691. The fourth-order valence-corrected chi connectivity index (χ4v) is 2.47. The van der Waals surface area contributed by atoms with Gasteiger partial charge in [0.05, 0.1) is 0 Å². The maximum Gasteiger partial charge on any atom is 0.0125 e. The first kappa shape index (κ1) is 14.0. The van der Waals surface area contributed by atoms with Crippen LogP contribution in [0.15, 0.2) is 0 Å². The second-order valence-electron chi connectivity index (χ2n) is 7.02. The van der Waals surface area contributed by atoms with Gasteiger partial charge in [-0.2, -0.15) is 0 Å². The molecule has 0 atom stereocenters. The largest absolute Gasteiger partial charge is 0.298 e. The zero-order valence-electron chi connectivity index (χ0n) is 12.1. The topological polar surface area (TPSA) is 6.48 Å². The quantitative estimate of drug-likeness (QED) is 0.626. The van der Waals surface area contributed by atoms with Crippen LogP contribution in [0.25, 0.3) is 0 Å². The van der Waals surface area contributed by atoms with Gasteiger partial charge in [-0.15, -0.1) is 0 Å². The van der Waals surface area contributed by atoms with Gasteiger partial charge in [0.15, 0.2) is 0 Å². The number of hydrogen-bond donors (Lipinski definition) is 0. The molecule has 1 aliphatic heterocycles. The summed E-state index contributed by atoms with van der Waals surface area (Å²) in [7, 11) is 0. The van der Waals surface area contributed by atoms with Crippen molar-refractivity contribution in [2.45, 2.75) is 65.5 Å². The van der Waals surface area contributed by atoms with Gasteiger partial charge in [-0.1, -0.05) is 0 Å². The minimum absolute atomic E-state index is 0.337. The van der Waals surface area contributed by atoms with E-state index in [-0.39, 0.29) is 0 Å². The monoisotopic (exact) mass is 226 g/mol. The molecule has 96 valence electrons. The van der Waals surface area contributed by atoms with Gasteiger partial charge in [0.1, 0.15) is 0 Å². The number of rotatable bonds is 0. The highest BCUT2D eigenvalue weighted by Gasteiger charge is 2.26. The maximum atomic E-state index is 2.63. The second kappa shape index (κ2) is 5.05. The van der Waals surface area contributed by atoms with E-state index in [2.05, 4.69) is 51.3 Å². The summed E-state index contributed by atoms with van der Waals surface area (Å²) in [5.41, 5.74) is 0.674. The maximum absolute atomic E-state index is 2.63. The van der Waals surface area contributed by atoms with E-state index >= 15 is 0 Å². The van der Waals surface area contributed by atoms with Gasteiger partial charge < -0.3 is 0 Å². The van der Waals surface area contributed by atoms with Gasteiger partial charge in [0.2, 0.25) is 0 Å². The van der Waals surface area contributed by atoms with E-state index in [0.717, 1.165) is 0 Å². The van der Waals surface area contributed by atoms with Gasteiger partial charge in [0.25, 0.3) is 0 Å². The van der Waals surface area contributed by atoms with E-state index in [1.807, 2.05) is 0 Å². The molecule has 1 heterocycles. The van der Waals surface area contributed by atoms with E-state index in [4.69, 9.17) is 0 Å². The van der Waals surface area contributed by atoms with Crippen molar-refractivity contribution in [3.8, 4) is 0 Å². The predicted molar refractivity (Wildman–Crippen MR) is 71.9 cm³/mol. The van der Waals surface area contributed by atoms with Crippen molar-refractivity contribution in [1.82, 2.24) is 9.80 Å². The van der Waals surface area contributed by atoms with Crippen LogP contribution in [0.2, 0.25) is 0 Å². The minimum atomic E-state index is 0.337. The van der Waals surface area contributed by atoms with Crippen molar-refractivity contribution in [3.05, 3.63) is 0 Å². The highest BCUT2D eigenvalue weighted by molar-refractivity contribution is 4.82. The average molecular weight is 226 g/mol. The molecular formula is C14H30N2. The fraction of sp³-hybridized carbons (Fsp3) is 1.00. The van der Waals surface area contributed by atoms with E-state index in [1.165, 1.54) is 39.0 Å². The van der Waals surface area contributed by atoms with Crippen LogP contribution in [0.3, 0.4) is 0 Å². The molecule has 1 fully saturated rings. The van der Waals surface area contributed by atoms with Crippen molar-refractivity contribution >= 4 is 0 Å². The molecule has 0 spiro atoms. The lowest BCUT2D eigenvalue weighted by Gasteiger charge is -2.42. The summed E-state index contributed by atoms with van der Waals surface area (Å²) in [6.45, 7) is 19.0. The van der Waals surface area contributed by atoms with Gasteiger partial charge in [0, 0.05) is 11.1 Å². The normalized spacial score (nSPS) is 22.9. The third-order valence-corrected chi connectivity index (χ3v) is 3.61. The van der Waals surface area contributed by atoms with Crippen LogP contribution >= 0.6 is 0 Å². The molecule has 0 bridgehead atoms. The Bertz CT molecular complexity index is 178. The van der Waals surface area contributed by atoms with Gasteiger partial charge in [-0.25, -0.2) is 0 Å². The molecular weight excluding hydrogens is 196 g/mol. The molecule has 2 nitrogen and oxygen atoms in total. The third-order valence-electron chi connectivity index (χ3n) is 3.61. The predicted octanol–water partition coefficient (Wildman–Crippen LogP) is 2.98. The Labute approximate surface area is 102 Å². The highest BCUT2D eigenvalue weighted by Crippen LogP contribution is 2.20. The van der Waals surface area contributed by atoms with Crippen molar-refractivity contribution < 1.29 is 0 Å². The zero-order chi connectivity index (χ0) is 12.4. The van der Waals surface area contributed by atoms with Gasteiger partial charge >= 0.3 is 0 Å². The van der Waals surface area contributed by atoms with Crippen LogP contribution in [0, 0.1) is 0 Å². The summed E-state index contributed by atoms with van der Waals surface area (Å²) in [6.07, 6.45) is 2.60. The standard InChI is InChI=1S/C14H30N2/c1-13(2,3)15-9-7-11-16(12-8-10-15)14(4,5)6/h7-12H2,1-6H3. The summed E-state index contributed by atoms with van der Waals surface area (Å²) >= 11 is 0. The summed E-state index contributed by atoms with van der Waals surface area (Å²) in [5, 5.41) is 0. The average Bonchev–Trinajstić information content (AvgIpc) is 1.96. The lowest BCUT2D eigenvalue weighted by Crippen LogP contribution is -2.49. The highest BCUT2D eigenvalue weighted by atomic mass is 15.2. The third kappa shape index (κ3) is 4.06. The van der Waals surface area contributed by atoms with Crippen LogP contribution in [0.5, 0.6) is 0 Å². The first-order chi connectivity index (χ1) is 7.21. The minimum Gasteiger partial charge on any atom is -0.298 e. The molecule has 1 saturated heterocycles. The molecule has 1 aliphatic rings. The Kier molecular flexibility index (Phi) is 4.42. The second-order valence-corrected chi connectivity index (χ2v) is 7.02. The van der Waals surface area contributed by atoms with Crippen LogP contribution in [-0.2, 0) is 0 Å². The Morgan fingerprint density at radius 2 is 0.812 bits per heavy atom. The van der Waals surface area contributed by atoms with Crippen molar-refractivity contribution in [1.29, 1.82) is 0 Å². The molecule has 0 aliphatic carbocycles. The van der Waals surface area contributed by atoms with Crippen LogP contribution in [0.1, 0.15) is 54.4 Å². The SMILES string of the molecule is CC(C)(C)N1CCCN(C(C)(C)C)CCC1. The molecule has 0 aromatic rings. The Hall–Kier alpha value is -0.0800. The van der Waals surface area contributed by atoms with Crippen LogP contribution in [0.4, 0.5) is 0 Å². The fourth-order valence-electron chi connectivity index (χ4n) is 2.47. The van der Waals surface area contributed by atoms with E-state index in [1.54, 1.807) is 0 Å². The number of hydrogen-bond acceptors (Lipinski definition) is 2. The van der Waals surface area contributed by atoms with E-state index in [9.17, 15) is 0 Å².